The third kappa shape index (κ3) is 3.57. The van der Waals surface area contributed by atoms with E-state index in [4.69, 9.17) is 0 Å². The molecule has 1 aliphatic rings. The van der Waals surface area contributed by atoms with E-state index in [1.165, 1.54) is 10.4 Å². The van der Waals surface area contributed by atoms with Crippen molar-refractivity contribution in [2.24, 2.45) is 0 Å². The van der Waals surface area contributed by atoms with E-state index < -0.39 is 0 Å². The number of fused-ring (bicyclic) bond motifs is 1. The summed E-state index contributed by atoms with van der Waals surface area (Å²) in [4.78, 5) is 22.9. The van der Waals surface area contributed by atoms with Crippen LogP contribution in [-0.4, -0.2) is 46.9 Å². The highest BCUT2D eigenvalue weighted by molar-refractivity contribution is 7.09. The molecule has 0 spiro atoms. The van der Waals surface area contributed by atoms with E-state index in [9.17, 15) is 4.79 Å². The number of piperazine rings is 1. The van der Waals surface area contributed by atoms with Gasteiger partial charge in [-0.25, -0.2) is 0 Å². The Morgan fingerprint density at radius 3 is 2.72 bits per heavy atom. The molecule has 4 rings (SSSR count). The van der Waals surface area contributed by atoms with Crippen molar-refractivity contribution < 1.29 is 4.79 Å². The Bertz CT molecular complexity index is 883. The van der Waals surface area contributed by atoms with Crippen molar-refractivity contribution in [1.82, 2.24) is 14.8 Å². The summed E-state index contributed by atoms with van der Waals surface area (Å²) in [5.41, 5.74) is 1.74. The topological polar surface area (TPSA) is 36.4 Å². The highest BCUT2D eigenvalue weighted by atomic mass is 32.1. The third-order valence-corrected chi connectivity index (χ3v) is 5.58. The first kappa shape index (κ1) is 16.2. The first-order valence-corrected chi connectivity index (χ1v) is 9.47. The lowest BCUT2D eigenvalue weighted by atomic mass is 10.1. The van der Waals surface area contributed by atoms with Gasteiger partial charge in [0, 0.05) is 49.2 Å². The first-order valence-electron chi connectivity index (χ1n) is 8.59. The molecule has 25 heavy (non-hydrogen) atoms. The van der Waals surface area contributed by atoms with Crippen molar-refractivity contribution in [2.75, 3.05) is 26.2 Å². The minimum Gasteiger partial charge on any atom is -0.335 e. The lowest BCUT2D eigenvalue weighted by Gasteiger charge is -2.34. The highest BCUT2D eigenvalue weighted by Crippen LogP contribution is 2.18. The number of hydrogen-bond donors (Lipinski definition) is 0. The molecule has 1 aliphatic heterocycles. The summed E-state index contributed by atoms with van der Waals surface area (Å²) < 4.78 is 0. The molecule has 5 heteroatoms. The normalized spacial score (nSPS) is 15.6. The second-order valence-electron chi connectivity index (χ2n) is 6.57. The molecule has 0 N–H and O–H groups in total. The fraction of sp³-hybridized carbons (Fsp3) is 0.300. The lowest BCUT2D eigenvalue weighted by molar-refractivity contribution is 0.0624. The fourth-order valence-corrected chi connectivity index (χ4v) is 4.02. The molecule has 0 atom stereocenters. The van der Waals surface area contributed by atoms with Crippen molar-refractivity contribution in [1.29, 1.82) is 0 Å². The molecular formula is C20H21N3OS. The van der Waals surface area contributed by atoms with Crippen molar-refractivity contribution >= 4 is 28.0 Å². The Morgan fingerprint density at radius 1 is 1.12 bits per heavy atom. The predicted molar refractivity (Wildman–Crippen MR) is 102 cm³/mol. The molecule has 128 valence electrons. The molecule has 2 aromatic heterocycles. The number of aryl methyl sites for hydroxylation is 1. The van der Waals surface area contributed by atoms with Gasteiger partial charge in [-0.2, -0.15) is 0 Å². The molecule has 1 amide bonds. The maximum atomic E-state index is 12.8. The SMILES string of the molecule is Cc1ccc2cnc(C(=O)N3CCN(Cc4cccs4)CC3)cc2c1. The Kier molecular flexibility index (Phi) is 4.51. The quantitative estimate of drug-likeness (QED) is 0.724. The smallest absolute Gasteiger partial charge is 0.272 e. The van der Waals surface area contributed by atoms with Gasteiger partial charge in [0.2, 0.25) is 0 Å². The van der Waals surface area contributed by atoms with Crippen LogP contribution >= 0.6 is 11.3 Å². The van der Waals surface area contributed by atoms with Gasteiger partial charge in [0.25, 0.3) is 5.91 Å². The van der Waals surface area contributed by atoms with E-state index in [0.29, 0.717) is 5.69 Å². The number of carbonyl (C=O) groups is 1. The molecule has 1 saturated heterocycles. The van der Waals surface area contributed by atoms with Crippen LogP contribution in [-0.2, 0) is 6.54 Å². The van der Waals surface area contributed by atoms with Gasteiger partial charge in [0.1, 0.15) is 5.69 Å². The summed E-state index contributed by atoms with van der Waals surface area (Å²) in [5.74, 6) is 0.0409. The zero-order valence-corrected chi connectivity index (χ0v) is 15.1. The Hall–Kier alpha value is -2.24. The number of benzene rings is 1. The summed E-state index contributed by atoms with van der Waals surface area (Å²) in [6.07, 6.45) is 1.80. The van der Waals surface area contributed by atoms with Gasteiger partial charge in [-0.1, -0.05) is 29.8 Å². The Morgan fingerprint density at radius 2 is 1.96 bits per heavy atom. The van der Waals surface area contributed by atoms with E-state index in [-0.39, 0.29) is 5.91 Å². The Balaban J connectivity index is 1.43. The number of rotatable bonds is 3. The molecule has 3 heterocycles. The summed E-state index contributed by atoms with van der Waals surface area (Å²) in [5, 5.41) is 4.26. The summed E-state index contributed by atoms with van der Waals surface area (Å²) >= 11 is 1.79. The number of pyridine rings is 1. The van der Waals surface area contributed by atoms with Crippen LogP contribution < -0.4 is 0 Å². The highest BCUT2D eigenvalue weighted by Gasteiger charge is 2.23. The van der Waals surface area contributed by atoms with Crippen LogP contribution in [0.5, 0.6) is 0 Å². The number of carbonyl (C=O) groups excluding carboxylic acids is 1. The van der Waals surface area contributed by atoms with Gasteiger partial charge in [-0.05, 0) is 29.8 Å². The van der Waals surface area contributed by atoms with E-state index in [1.807, 2.05) is 11.0 Å². The molecule has 4 nitrogen and oxygen atoms in total. The number of hydrogen-bond acceptors (Lipinski definition) is 4. The van der Waals surface area contributed by atoms with E-state index in [0.717, 1.165) is 43.5 Å². The van der Waals surface area contributed by atoms with Crippen LogP contribution in [0, 0.1) is 6.92 Å². The number of amides is 1. The van der Waals surface area contributed by atoms with Crippen molar-refractivity contribution in [3.05, 3.63) is 64.1 Å². The maximum absolute atomic E-state index is 12.8. The number of nitrogens with zero attached hydrogens (tertiary/aromatic N) is 3. The maximum Gasteiger partial charge on any atom is 0.272 e. The van der Waals surface area contributed by atoms with E-state index in [2.05, 4.69) is 52.5 Å². The molecular weight excluding hydrogens is 330 g/mol. The Labute approximate surface area is 151 Å². The molecule has 0 unspecified atom stereocenters. The van der Waals surface area contributed by atoms with Gasteiger partial charge < -0.3 is 4.90 Å². The van der Waals surface area contributed by atoms with Gasteiger partial charge in [-0.3, -0.25) is 14.7 Å². The zero-order valence-electron chi connectivity index (χ0n) is 14.3. The zero-order chi connectivity index (χ0) is 17.2. The molecule has 3 aromatic rings. The van der Waals surface area contributed by atoms with E-state index >= 15 is 0 Å². The van der Waals surface area contributed by atoms with Gasteiger partial charge >= 0.3 is 0 Å². The second kappa shape index (κ2) is 6.94. The average molecular weight is 351 g/mol. The van der Waals surface area contributed by atoms with E-state index in [1.54, 1.807) is 17.5 Å². The molecule has 0 aliphatic carbocycles. The van der Waals surface area contributed by atoms with Gasteiger partial charge in [0.05, 0.1) is 0 Å². The minimum absolute atomic E-state index is 0.0409. The molecule has 0 bridgehead atoms. The first-order chi connectivity index (χ1) is 12.2. The summed E-state index contributed by atoms with van der Waals surface area (Å²) in [7, 11) is 0. The third-order valence-electron chi connectivity index (χ3n) is 4.72. The predicted octanol–water partition coefficient (Wildman–Crippen LogP) is 3.56. The van der Waals surface area contributed by atoms with Crippen LogP contribution in [0.25, 0.3) is 10.8 Å². The number of thiophene rings is 1. The van der Waals surface area contributed by atoms with Crippen LogP contribution in [0.15, 0.2) is 48.0 Å². The number of aromatic nitrogens is 1. The summed E-state index contributed by atoms with van der Waals surface area (Å²) in [6.45, 7) is 6.39. The standard InChI is InChI=1S/C20H21N3OS/c1-15-4-5-16-13-21-19(12-17(16)11-15)20(24)23-8-6-22(7-9-23)14-18-3-2-10-25-18/h2-5,10-13H,6-9,14H2,1H3. The lowest BCUT2D eigenvalue weighted by Crippen LogP contribution is -2.48. The molecule has 1 aromatic carbocycles. The van der Waals surface area contributed by atoms with Crippen LogP contribution in [0.4, 0.5) is 0 Å². The van der Waals surface area contributed by atoms with Crippen molar-refractivity contribution in [3.63, 3.8) is 0 Å². The molecule has 0 radical (unpaired) electrons. The van der Waals surface area contributed by atoms with Crippen LogP contribution in [0.1, 0.15) is 20.9 Å². The van der Waals surface area contributed by atoms with Crippen LogP contribution in [0.2, 0.25) is 0 Å². The monoisotopic (exact) mass is 351 g/mol. The largest absolute Gasteiger partial charge is 0.335 e. The minimum atomic E-state index is 0.0409. The molecule has 0 saturated carbocycles. The molecule has 1 fully saturated rings. The average Bonchev–Trinajstić information content (AvgIpc) is 3.14. The summed E-state index contributed by atoms with van der Waals surface area (Å²) in [6, 6.07) is 12.4. The van der Waals surface area contributed by atoms with Crippen LogP contribution in [0.3, 0.4) is 0 Å². The second-order valence-corrected chi connectivity index (χ2v) is 7.60. The van der Waals surface area contributed by atoms with Gasteiger partial charge in [-0.15, -0.1) is 11.3 Å². The van der Waals surface area contributed by atoms with Crippen molar-refractivity contribution in [3.8, 4) is 0 Å². The van der Waals surface area contributed by atoms with Gasteiger partial charge in [0.15, 0.2) is 0 Å². The van der Waals surface area contributed by atoms with Crippen molar-refractivity contribution in [2.45, 2.75) is 13.5 Å². The fourth-order valence-electron chi connectivity index (χ4n) is 3.27.